The van der Waals surface area contributed by atoms with Crippen LogP contribution in [0.15, 0.2) is 53.4 Å². The largest absolute Gasteiger partial charge is 0.340 e. The molecule has 1 aliphatic heterocycles. The third-order valence-electron chi connectivity index (χ3n) is 5.37. The van der Waals surface area contributed by atoms with Crippen molar-refractivity contribution in [1.29, 1.82) is 0 Å². The molecule has 160 valence electrons. The zero-order chi connectivity index (χ0) is 21.9. The van der Waals surface area contributed by atoms with Crippen molar-refractivity contribution in [3.63, 3.8) is 0 Å². The lowest BCUT2D eigenvalue weighted by Crippen LogP contribution is -2.49. The van der Waals surface area contributed by atoms with Gasteiger partial charge in [0.05, 0.1) is 4.90 Å². The van der Waals surface area contributed by atoms with E-state index in [1.807, 2.05) is 38.1 Å². The van der Waals surface area contributed by atoms with Crippen LogP contribution in [0, 0.1) is 6.92 Å². The minimum absolute atomic E-state index is 0.0597. The number of benzene rings is 2. The molecule has 0 N–H and O–H groups in total. The Morgan fingerprint density at radius 2 is 1.67 bits per heavy atom. The van der Waals surface area contributed by atoms with Crippen LogP contribution in [0.3, 0.4) is 0 Å². The Bertz CT molecular complexity index is 1040. The third kappa shape index (κ3) is 4.39. The zero-order valence-electron chi connectivity index (χ0n) is 17.5. The number of aryl methyl sites for hydroxylation is 1. The fourth-order valence-corrected chi connectivity index (χ4v) is 5.10. The number of carbonyl (C=O) groups is 2. The van der Waals surface area contributed by atoms with Gasteiger partial charge in [-0.3, -0.25) is 9.59 Å². The molecule has 7 nitrogen and oxygen atoms in total. The molecular formula is C22H27N3O4S. The van der Waals surface area contributed by atoms with E-state index < -0.39 is 10.0 Å². The first kappa shape index (κ1) is 22.0. The topological polar surface area (TPSA) is 78.0 Å². The van der Waals surface area contributed by atoms with E-state index in [0.29, 0.717) is 25.2 Å². The summed E-state index contributed by atoms with van der Waals surface area (Å²) in [7, 11) is -3.75. The molecular weight excluding hydrogens is 402 g/mol. The van der Waals surface area contributed by atoms with E-state index in [4.69, 9.17) is 0 Å². The fraction of sp³-hybridized carbons (Fsp3) is 0.364. The Morgan fingerprint density at radius 1 is 1.00 bits per heavy atom. The van der Waals surface area contributed by atoms with Crippen molar-refractivity contribution < 1.29 is 18.0 Å². The minimum atomic E-state index is -3.75. The van der Waals surface area contributed by atoms with Gasteiger partial charge in [-0.2, -0.15) is 4.31 Å². The Hall–Kier alpha value is -2.71. The van der Waals surface area contributed by atoms with Gasteiger partial charge in [-0.1, -0.05) is 24.3 Å². The highest BCUT2D eigenvalue weighted by atomic mass is 32.2. The average Bonchev–Trinajstić information content (AvgIpc) is 2.75. The van der Waals surface area contributed by atoms with Crippen molar-refractivity contribution in [3.8, 4) is 0 Å². The summed E-state index contributed by atoms with van der Waals surface area (Å²) in [4.78, 5) is 28.0. The molecule has 1 heterocycles. The van der Waals surface area contributed by atoms with Crippen molar-refractivity contribution in [1.82, 2.24) is 9.21 Å². The maximum atomic E-state index is 13.2. The molecule has 0 unspecified atom stereocenters. The predicted molar refractivity (Wildman–Crippen MR) is 116 cm³/mol. The summed E-state index contributed by atoms with van der Waals surface area (Å²) in [6.07, 6.45) is 0. The molecule has 30 heavy (non-hydrogen) atoms. The van der Waals surface area contributed by atoms with Gasteiger partial charge in [0, 0.05) is 50.9 Å². The molecule has 1 saturated heterocycles. The van der Waals surface area contributed by atoms with E-state index in [1.54, 1.807) is 21.9 Å². The van der Waals surface area contributed by atoms with Gasteiger partial charge < -0.3 is 9.80 Å². The highest BCUT2D eigenvalue weighted by Crippen LogP contribution is 2.24. The molecule has 0 aliphatic carbocycles. The molecule has 0 bridgehead atoms. The van der Waals surface area contributed by atoms with Crippen LogP contribution in [-0.4, -0.2) is 62.2 Å². The van der Waals surface area contributed by atoms with E-state index >= 15 is 0 Å². The number of para-hydroxylation sites is 1. The monoisotopic (exact) mass is 429 g/mol. The molecule has 1 fully saturated rings. The van der Waals surface area contributed by atoms with Crippen LogP contribution in [0.25, 0.3) is 0 Å². The van der Waals surface area contributed by atoms with Crippen LogP contribution in [0.4, 0.5) is 5.69 Å². The Balaban J connectivity index is 1.86. The van der Waals surface area contributed by atoms with Gasteiger partial charge in [0.25, 0.3) is 5.91 Å². The Kier molecular flexibility index (Phi) is 6.58. The highest BCUT2D eigenvalue weighted by Gasteiger charge is 2.30. The smallest absolute Gasteiger partial charge is 0.258 e. The number of anilines is 1. The molecule has 0 aromatic heterocycles. The van der Waals surface area contributed by atoms with Crippen LogP contribution in [0.5, 0.6) is 0 Å². The summed E-state index contributed by atoms with van der Waals surface area (Å²) < 4.78 is 27.6. The lowest BCUT2D eigenvalue weighted by atomic mass is 10.1. The Morgan fingerprint density at radius 3 is 2.27 bits per heavy atom. The molecule has 3 rings (SSSR count). The predicted octanol–water partition coefficient (Wildman–Crippen LogP) is 2.51. The van der Waals surface area contributed by atoms with E-state index in [-0.39, 0.29) is 29.8 Å². The number of rotatable bonds is 5. The van der Waals surface area contributed by atoms with Crippen molar-refractivity contribution in [2.24, 2.45) is 0 Å². The van der Waals surface area contributed by atoms with Gasteiger partial charge in [-0.15, -0.1) is 0 Å². The lowest BCUT2D eigenvalue weighted by molar-refractivity contribution is -0.129. The number of hydrogen-bond acceptors (Lipinski definition) is 4. The fourth-order valence-electron chi connectivity index (χ4n) is 3.63. The second-order valence-corrected chi connectivity index (χ2v) is 9.21. The highest BCUT2D eigenvalue weighted by molar-refractivity contribution is 7.89. The third-order valence-corrected chi connectivity index (χ3v) is 7.26. The summed E-state index contributed by atoms with van der Waals surface area (Å²) in [6.45, 7) is 6.98. The molecule has 0 spiro atoms. The van der Waals surface area contributed by atoms with Crippen LogP contribution >= 0.6 is 0 Å². The number of hydrogen-bond donors (Lipinski definition) is 0. The number of piperazine rings is 1. The second kappa shape index (κ2) is 8.97. The first-order valence-corrected chi connectivity index (χ1v) is 11.4. The Labute approximate surface area is 177 Å². The number of nitrogens with zero attached hydrogens (tertiary/aromatic N) is 3. The number of sulfonamides is 1. The average molecular weight is 430 g/mol. The normalized spacial score (nSPS) is 15.1. The molecule has 0 radical (unpaired) electrons. The minimum Gasteiger partial charge on any atom is -0.340 e. The standard InChI is InChI=1S/C22H27N3O4S/c1-4-25(21-11-6-5-8-17(21)2)22(27)19-9-7-10-20(16-19)30(28,29)24-14-12-23(13-15-24)18(3)26/h5-11,16H,4,12-15H2,1-3H3. The van der Waals surface area contributed by atoms with Gasteiger partial charge in [-0.25, -0.2) is 8.42 Å². The van der Waals surface area contributed by atoms with Crippen molar-refractivity contribution in [2.45, 2.75) is 25.7 Å². The SMILES string of the molecule is CCN(C(=O)c1cccc(S(=O)(=O)N2CCN(C(C)=O)CC2)c1)c1ccccc1C. The van der Waals surface area contributed by atoms with Gasteiger partial charge in [0.2, 0.25) is 15.9 Å². The zero-order valence-corrected chi connectivity index (χ0v) is 18.4. The molecule has 2 aromatic carbocycles. The summed E-state index contributed by atoms with van der Waals surface area (Å²) in [5.41, 5.74) is 2.10. The summed E-state index contributed by atoms with van der Waals surface area (Å²) in [5, 5.41) is 0. The van der Waals surface area contributed by atoms with Crippen LogP contribution < -0.4 is 4.90 Å². The van der Waals surface area contributed by atoms with Crippen LogP contribution in [0.1, 0.15) is 29.8 Å². The second-order valence-electron chi connectivity index (χ2n) is 7.27. The van der Waals surface area contributed by atoms with Crippen LogP contribution in [-0.2, 0) is 14.8 Å². The first-order valence-electron chi connectivity index (χ1n) is 9.99. The summed E-state index contributed by atoms with van der Waals surface area (Å²) in [5.74, 6) is -0.305. The molecule has 0 saturated carbocycles. The molecule has 8 heteroatoms. The maximum absolute atomic E-state index is 13.2. The summed E-state index contributed by atoms with van der Waals surface area (Å²) in [6, 6.07) is 13.8. The van der Waals surface area contributed by atoms with E-state index in [2.05, 4.69) is 0 Å². The van der Waals surface area contributed by atoms with Gasteiger partial charge in [0.1, 0.15) is 0 Å². The van der Waals surface area contributed by atoms with E-state index in [0.717, 1.165) is 11.3 Å². The molecule has 2 amide bonds. The van der Waals surface area contributed by atoms with Gasteiger partial charge >= 0.3 is 0 Å². The van der Waals surface area contributed by atoms with Crippen molar-refractivity contribution in [2.75, 3.05) is 37.6 Å². The summed E-state index contributed by atoms with van der Waals surface area (Å²) >= 11 is 0. The lowest BCUT2D eigenvalue weighted by Gasteiger charge is -2.33. The quantitative estimate of drug-likeness (QED) is 0.732. The van der Waals surface area contributed by atoms with Crippen molar-refractivity contribution in [3.05, 3.63) is 59.7 Å². The van der Waals surface area contributed by atoms with Crippen molar-refractivity contribution >= 4 is 27.5 Å². The molecule has 2 aromatic rings. The number of amides is 2. The van der Waals surface area contributed by atoms with Crippen LogP contribution in [0.2, 0.25) is 0 Å². The first-order chi connectivity index (χ1) is 14.3. The van der Waals surface area contributed by atoms with Gasteiger partial charge in [-0.05, 0) is 43.7 Å². The van der Waals surface area contributed by atoms with Gasteiger partial charge in [0.15, 0.2) is 0 Å². The maximum Gasteiger partial charge on any atom is 0.258 e. The molecule has 0 atom stereocenters. The van der Waals surface area contributed by atoms with E-state index in [9.17, 15) is 18.0 Å². The van der Waals surface area contributed by atoms with E-state index in [1.165, 1.54) is 23.4 Å². The number of carbonyl (C=O) groups excluding carboxylic acids is 2. The molecule has 1 aliphatic rings.